The number of allylic oxidation sites excluding steroid dienone is 2. The van der Waals surface area contributed by atoms with Gasteiger partial charge in [-0.25, -0.2) is 0 Å². The molecule has 0 bridgehead atoms. The fourth-order valence-electron chi connectivity index (χ4n) is 0.894. The van der Waals surface area contributed by atoms with E-state index < -0.39 is 0 Å². The molecular weight excluding hydrogens is 124 g/mol. The quantitative estimate of drug-likeness (QED) is 0.623. The van der Waals surface area contributed by atoms with Crippen molar-refractivity contribution in [3.8, 4) is 6.07 Å². The highest BCUT2D eigenvalue weighted by atomic mass is 14.8. The van der Waals surface area contributed by atoms with E-state index in [0.717, 1.165) is 12.8 Å². The summed E-state index contributed by atoms with van der Waals surface area (Å²) in [4.78, 5) is 0. The van der Waals surface area contributed by atoms with Gasteiger partial charge in [-0.2, -0.15) is 5.26 Å². The predicted molar refractivity (Wildman–Crippen MR) is 39.8 cm³/mol. The fraction of sp³-hybridized carbons (Fsp3) is 0.375. The van der Waals surface area contributed by atoms with Crippen LogP contribution >= 0.6 is 0 Å². The Morgan fingerprint density at radius 1 is 1.70 bits per heavy atom. The molecule has 0 aromatic heterocycles. The van der Waals surface area contributed by atoms with Crippen LogP contribution in [-0.4, -0.2) is 0 Å². The molecule has 1 N–H and O–H groups in total. The average Bonchev–Trinajstić information content (AvgIpc) is 2.03. The predicted octanol–water partition coefficient (Wildman–Crippen LogP) is 1.68. The molecule has 0 unspecified atom stereocenters. The molecule has 0 spiro atoms. The minimum atomic E-state index is 0.626. The summed E-state index contributed by atoms with van der Waals surface area (Å²) in [5.41, 5.74) is 1.31. The fourth-order valence-corrected chi connectivity index (χ4v) is 0.894. The monoisotopic (exact) mass is 134 g/mol. The highest BCUT2D eigenvalue weighted by Gasteiger charge is 1.96. The van der Waals surface area contributed by atoms with E-state index in [0.29, 0.717) is 6.42 Å². The zero-order chi connectivity index (χ0) is 7.23. The first kappa shape index (κ1) is 6.88. The van der Waals surface area contributed by atoms with Gasteiger partial charge >= 0.3 is 0 Å². The van der Waals surface area contributed by atoms with Crippen LogP contribution in [0.15, 0.2) is 24.0 Å². The largest absolute Gasteiger partial charge is 0.368 e. The van der Waals surface area contributed by atoms with Gasteiger partial charge in [0.1, 0.15) is 0 Å². The molecule has 2 heteroatoms. The zero-order valence-electron chi connectivity index (χ0n) is 5.80. The van der Waals surface area contributed by atoms with E-state index in [9.17, 15) is 0 Å². The number of nitriles is 1. The molecule has 2 nitrogen and oxygen atoms in total. The molecule has 0 aromatic carbocycles. The summed E-state index contributed by atoms with van der Waals surface area (Å²) in [5.74, 6) is 0. The Balaban J connectivity index is 2.29. The summed E-state index contributed by atoms with van der Waals surface area (Å²) in [7, 11) is 0. The van der Waals surface area contributed by atoms with E-state index in [2.05, 4.69) is 17.5 Å². The summed E-state index contributed by atoms with van der Waals surface area (Å²) in [6.45, 7) is 0. The van der Waals surface area contributed by atoms with E-state index in [4.69, 9.17) is 5.26 Å². The number of nitrogens with zero attached hydrogens (tertiary/aromatic N) is 1. The van der Waals surface area contributed by atoms with E-state index in [1.54, 1.807) is 0 Å². The minimum absolute atomic E-state index is 0.626. The first-order chi connectivity index (χ1) is 4.93. The number of nitrogens with one attached hydrogen (secondary N) is 1. The standard InChI is InChI=1S/C8H10N2/c9-5-1-3-8-4-2-6-10-7-8/h2,6-7,10H,1,3-4H2. The van der Waals surface area contributed by atoms with Crippen molar-refractivity contribution in [1.29, 1.82) is 5.26 Å². The number of hydrogen-bond acceptors (Lipinski definition) is 2. The first-order valence-electron chi connectivity index (χ1n) is 3.39. The topological polar surface area (TPSA) is 35.8 Å². The third-order valence-electron chi connectivity index (χ3n) is 1.44. The van der Waals surface area contributed by atoms with E-state index >= 15 is 0 Å². The Hall–Kier alpha value is -1.23. The van der Waals surface area contributed by atoms with Gasteiger partial charge in [0.05, 0.1) is 6.07 Å². The second-order valence-corrected chi connectivity index (χ2v) is 2.23. The van der Waals surface area contributed by atoms with Gasteiger partial charge in [-0.05, 0) is 30.8 Å². The SMILES string of the molecule is N#CCCC1=CNC=CC1. The number of dihydropyridines is 1. The molecule has 0 fully saturated rings. The van der Waals surface area contributed by atoms with Crippen molar-refractivity contribution >= 4 is 0 Å². The lowest BCUT2D eigenvalue weighted by molar-refractivity contribution is 0.904. The van der Waals surface area contributed by atoms with Crippen molar-refractivity contribution in [2.24, 2.45) is 0 Å². The molecule has 52 valence electrons. The molecule has 1 aliphatic rings. The summed E-state index contributed by atoms with van der Waals surface area (Å²) in [6, 6.07) is 2.12. The highest BCUT2D eigenvalue weighted by Crippen LogP contribution is 2.11. The first-order valence-corrected chi connectivity index (χ1v) is 3.39. The van der Waals surface area contributed by atoms with Gasteiger partial charge in [-0.1, -0.05) is 6.08 Å². The lowest BCUT2D eigenvalue weighted by atomic mass is 10.1. The van der Waals surface area contributed by atoms with Gasteiger partial charge in [0.15, 0.2) is 0 Å². The molecule has 1 aliphatic heterocycles. The maximum atomic E-state index is 8.28. The van der Waals surface area contributed by atoms with Gasteiger partial charge in [0.25, 0.3) is 0 Å². The Bertz CT molecular complexity index is 196. The van der Waals surface area contributed by atoms with Gasteiger partial charge in [0, 0.05) is 6.42 Å². The van der Waals surface area contributed by atoms with Crippen molar-refractivity contribution < 1.29 is 0 Å². The Morgan fingerprint density at radius 3 is 3.20 bits per heavy atom. The van der Waals surface area contributed by atoms with Crippen LogP contribution in [0.2, 0.25) is 0 Å². The molecule has 0 aromatic rings. The van der Waals surface area contributed by atoms with Crippen molar-refractivity contribution in [1.82, 2.24) is 5.32 Å². The normalized spacial score (nSPS) is 15.3. The summed E-state index contributed by atoms with van der Waals surface area (Å²) < 4.78 is 0. The molecule has 1 heterocycles. The molecule has 0 saturated carbocycles. The molecule has 0 aliphatic carbocycles. The van der Waals surface area contributed by atoms with Crippen molar-refractivity contribution in [2.75, 3.05) is 0 Å². The Labute approximate surface area is 60.9 Å². The Kier molecular flexibility index (Phi) is 2.57. The summed E-state index contributed by atoms with van der Waals surface area (Å²) in [5, 5.41) is 11.3. The smallest absolute Gasteiger partial charge is 0.0625 e. The van der Waals surface area contributed by atoms with E-state index in [1.807, 2.05) is 12.4 Å². The van der Waals surface area contributed by atoms with Gasteiger partial charge in [-0.15, -0.1) is 0 Å². The number of rotatable bonds is 2. The second kappa shape index (κ2) is 3.73. The Morgan fingerprint density at radius 2 is 2.60 bits per heavy atom. The van der Waals surface area contributed by atoms with Crippen LogP contribution in [-0.2, 0) is 0 Å². The van der Waals surface area contributed by atoms with E-state index in [1.165, 1.54) is 5.57 Å². The van der Waals surface area contributed by atoms with Crippen LogP contribution < -0.4 is 5.32 Å². The molecule has 0 radical (unpaired) electrons. The van der Waals surface area contributed by atoms with Crippen LogP contribution in [0.4, 0.5) is 0 Å². The van der Waals surface area contributed by atoms with Gasteiger partial charge in [0.2, 0.25) is 0 Å². The van der Waals surface area contributed by atoms with Crippen LogP contribution in [0.25, 0.3) is 0 Å². The van der Waals surface area contributed by atoms with Crippen molar-refractivity contribution in [2.45, 2.75) is 19.3 Å². The average molecular weight is 134 g/mol. The van der Waals surface area contributed by atoms with Crippen molar-refractivity contribution in [3.63, 3.8) is 0 Å². The van der Waals surface area contributed by atoms with Crippen LogP contribution in [0.3, 0.4) is 0 Å². The lowest BCUT2D eigenvalue weighted by Gasteiger charge is -2.05. The van der Waals surface area contributed by atoms with Crippen LogP contribution in [0, 0.1) is 11.3 Å². The highest BCUT2D eigenvalue weighted by molar-refractivity contribution is 5.12. The molecule has 0 amide bonds. The van der Waals surface area contributed by atoms with E-state index in [-0.39, 0.29) is 0 Å². The second-order valence-electron chi connectivity index (χ2n) is 2.23. The third kappa shape index (κ3) is 1.94. The van der Waals surface area contributed by atoms with Crippen molar-refractivity contribution in [3.05, 3.63) is 24.0 Å². The van der Waals surface area contributed by atoms with Gasteiger partial charge < -0.3 is 5.32 Å². The minimum Gasteiger partial charge on any atom is -0.368 e. The maximum absolute atomic E-state index is 8.28. The number of hydrogen-bond donors (Lipinski definition) is 1. The molecule has 0 saturated heterocycles. The molecule has 1 rings (SSSR count). The molecular formula is C8H10N2. The lowest BCUT2D eigenvalue weighted by Crippen LogP contribution is -2.00. The van der Waals surface area contributed by atoms with Gasteiger partial charge in [-0.3, -0.25) is 0 Å². The molecule has 10 heavy (non-hydrogen) atoms. The maximum Gasteiger partial charge on any atom is 0.0625 e. The summed E-state index contributed by atoms with van der Waals surface area (Å²) >= 11 is 0. The third-order valence-corrected chi connectivity index (χ3v) is 1.44. The van der Waals surface area contributed by atoms with Crippen LogP contribution in [0.1, 0.15) is 19.3 Å². The van der Waals surface area contributed by atoms with Crippen LogP contribution in [0.5, 0.6) is 0 Å². The zero-order valence-corrected chi connectivity index (χ0v) is 5.80. The summed E-state index contributed by atoms with van der Waals surface area (Å²) in [6.07, 6.45) is 8.46. The molecule has 0 atom stereocenters.